The quantitative estimate of drug-likeness (QED) is 0.812. The maximum atomic E-state index is 12.8. The standard InChI is InChI=1S/C17H26N4O4S/c22-17-8-7-14(13-5-6-13)18-21(17)16-12-25-11-15(16)19-26(23,24)20-9-3-1-2-4-10-20/h7-8,13,15-16,19H,1-6,9-12H2. The van der Waals surface area contributed by atoms with Crippen molar-refractivity contribution < 1.29 is 13.2 Å². The van der Waals surface area contributed by atoms with Crippen molar-refractivity contribution in [3.63, 3.8) is 0 Å². The van der Waals surface area contributed by atoms with Crippen LogP contribution in [0.3, 0.4) is 0 Å². The Morgan fingerprint density at radius 1 is 1.08 bits per heavy atom. The molecule has 1 aromatic rings. The zero-order valence-electron chi connectivity index (χ0n) is 14.8. The largest absolute Gasteiger partial charge is 0.377 e. The van der Waals surface area contributed by atoms with Gasteiger partial charge in [0.05, 0.1) is 31.0 Å². The van der Waals surface area contributed by atoms with Crippen molar-refractivity contribution in [3.05, 3.63) is 28.2 Å². The highest BCUT2D eigenvalue weighted by Crippen LogP contribution is 2.38. The number of rotatable bonds is 5. The van der Waals surface area contributed by atoms with Crippen LogP contribution in [0.15, 0.2) is 16.9 Å². The predicted molar refractivity (Wildman–Crippen MR) is 96.2 cm³/mol. The van der Waals surface area contributed by atoms with E-state index in [0.717, 1.165) is 44.2 Å². The Morgan fingerprint density at radius 2 is 1.81 bits per heavy atom. The van der Waals surface area contributed by atoms with Gasteiger partial charge in [0.2, 0.25) is 0 Å². The second kappa shape index (κ2) is 7.38. The molecule has 1 N–H and O–H groups in total. The Labute approximate surface area is 153 Å². The van der Waals surface area contributed by atoms with Gasteiger partial charge in [-0.05, 0) is 31.7 Å². The third-order valence-electron chi connectivity index (χ3n) is 5.41. The number of hydrogen-bond acceptors (Lipinski definition) is 5. The molecule has 3 heterocycles. The van der Waals surface area contributed by atoms with Crippen molar-refractivity contribution >= 4 is 10.2 Å². The number of nitrogens with one attached hydrogen (secondary N) is 1. The number of hydrogen-bond donors (Lipinski definition) is 1. The van der Waals surface area contributed by atoms with Gasteiger partial charge in [-0.2, -0.15) is 22.5 Å². The molecule has 8 nitrogen and oxygen atoms in total. The summed E-state index contributed by atoms with van der Waals surface area (Å²) in [6, 6.07) is 2.41. The van der Waals surface area contributed by atoms with E-state index in [4.69, 9.17) is 4.74 Å². The average Bonchev–Trinajstić information content (AvgIpc) is 3.40. The second-order valence-electron chi connectivity index (χ2n) is 7.46. The summed E-state index contributed by atoms with van der Waals surface area (Å²) >= 11 is 0. The molecule has 3 fully saturated rings. The van der Waals surface area contributed by atoms with Crippen molar-refractivity contribution in [2.24, 2.45) is 0 Å². The van der Waals surface area contributed by atoms with Gasteiger partial charge in [-0.1, -0.05) is 12.8 Å². The van der Waals surface area contributed by atoms with Gasteiger partial charge >= 0.3 is 0 Å². The molecular formula is C17H26N4O4S. The summed E-state index contributed by atoms with van der Waals surface area (Å²) in [6.07, 6.45) is 6.09. The van der Waals surface area contributed by atoms with Crippen molar-refractivity contribution in [1.29, 1.82) is 0 Å². The summed E-state index contributed by atoms with van der Waals surface area (Å²) in [5, 5.41) is 4.50. The fourth-order valence-electron chi connectivity index (χ4n) is 3.72. The highest BCUT2D eigenvalue weighted by Gasteiger charge is 2.37. The van der Waals surface area contributed by atoms with Crippen LogP contribution in [0.2, 0.25) is 0 Å². The van der Waals surface area contributed by atoms with E-state index in [0.29, 0.717) is 19.0 Å². The Morgan fingerprint density at radius 3 is 2.50 bits per heavy atom. The van der Waals surface area contributed by atoms with E-state index < -0.39 is 22.3 Å². The van der Waals surface area contributed by atoms with E-state index in [1.807, 2.05) is 0 Å². The lowest BCUT2D eigenvalue weighted by Crippen LogP contribution is -2.49. The molecule has 0 spiro atoms. The smallest absolute Gasteiger partial charge is 0.279 e. The van der Waals surface area contributed by atoms with E-state index in [1.165, 1.54) is 15.1 Å². The zero-order valence-corrected chi connectivity index (χ0v) is 15.7. The second-order valence-corrected chi connectivity index (χ2v) is 9.16. The Kier molecular flexibility index (Phi) is 5.13. The monoisotopic (exact) mass is 382 g/mol. The molecule has 9 heteroatoms. The van der Waals surface area contributed by atoms with Crippen molar-refractivity contribution in [3.8, 4) is 0 Å². The van der Waals surface area contributed by atoms with Crippen LogP contribution in [-0.4, -0.2) is 54.8 Å². The third-order valence-corrected chi connectivity index (χ3v) is 7.06. The van der Waals surface area contributed by atoms with Gasteiger partial charge in [-0.25, -0.2) is 4.68 Å². The first kappa shape index (κ1) is 18.1. The van der Waals surface area contributed by atoms with Crippen LogP contribution in [0.4, 0.5) is 0 Å². The van der Waals surface area contributed by atoms with Crippen molar-refractivity contribution in [1.82, 2.24) is 18.8 Å². The maximum absolute atomic E-state index is 12.8. The molecular weight excluding hydrogens is 356 g/mol. The molecule has 26 heavy (non-hydrogen) atoms. The summed E-state index contributed by atoms with van der Waals surface area (Å²) in [4.78, 5) is 12.3. The van der Waals surface area contributed by atoms with E-state index >= 15 is 0 Å². The van der Waals surface area contributed by atoms with E-state index in [9.17, 15) is 13.2 Å². The molecule has 0 amide bonds. The molecule has 144 valence electrons. The third kappa shape index (κ3) is 3.85. The van der Waals surface area contributed by atoms with Gasteiger partial charge in [0.1, 0.15) is 0 Å². The predicted octanol–water partition coefficient (Wildman–Crippen LogP) is 0.771. The lowest BCUT2D eigenvalue weighted by atomic mass is 10.2. The van der Waals surface area contributed by atoms with Crippen LogP contribution >= 0.6 is 0 Å². The summed E-state index contributed by atoms with van der Waals surface area (Å²) in [6.45, 7) is 1.62. The number of aromatic nitrogens is 2. The van der Waals surface area contributed by atoms with Gasteiger partial charge in [0.25, 0.3) is 15.8 Å². The van der Waals surface area contributed by atoms with Crippen LogP contribution < -0.4 is 10.3 Å². The fraction of sp³-hybridized carbons (Fsp3) is 0.765. The van der Waals surface area contributed by atoms with Gasteiger partial charge < -0.3 is 4.74 Å². The minimum Gasteiger partial charge on any atom is -0.377 e. The molecule has 2 unspecified atom stereocenters. The Hall–Kier alpha value is -1.29. The van der Waals surface area contributed by atoms with E-state index in [2.05, 4.69) is 9.82 Å². The molecule has 1 saturated carbocycles. The molecule has 2 aliphatic heterocycles. The molecule has 4 rings (SSSR count). The zero-order chi connectivity index (χ0) is 18.1. The van der Waals surface area contributed by atoms with Crippen molar-refractivity contribution in [2.75, 3.05) is 26.3 Å². The lowest BCUT2D eigenvalue weighted by molar-refractivity contribution is 0.181. The SMILES string of the molecule is O=c1ccc(C2CC2)nn1C1COCC1NS(=O)(=O)N1CCCCCC1. The number of ether oxygens (including phenoxy) is 1. The molecule has 1 aromatic heterocycles. The van der Waals surface area contributed by atoms with Crippen LogP contribution in [0.5, 0.6) is 0 Å². The van der Waals surface area contributed by atoms with E-state index in [-0.39, 0.29) is 18.8 Å². The molecule has 3 aliphatic rings. The minimum atomic E-state index is -3.60. The van der Waals surface area contributed by atoms with E-state index in [1.54, 1.807) is 6.07 Å². The molecule has 0 radical (unpaired) electrons. The average molecular weight is 382 g/mol. The highest BCUT2D eigenvalue weighted by atomic mass is 32.2. The van der Waals surface area contributed by atoms with Crippen LogP contribution in [0.1, 0.15) is 56.2 Å². The Balaban J connectivity index is 1.53. The normalized spacial score (nSPS) is 28.2. The van der Waals surface area contributed by atoms with Crippen LogP contribution in [0, 0.1) is 0 Å². The van der Waals surface area contributed by atoms with Gasteiger partial charge in [0.15, 0.2) is 0 Å². The Bertz CT molecular complexity index is 797. The van der Waals surface area contributed by atoms with Crippen LogP contribution in [-0.2, 0) is 14.9 Å². The topological polar surface area (TPSA) is 93.5 Å². The molecule has 1 aliphatic carbocycles. The first-order valence-electron chi connectivity index (χ1n) is 9.49. The fourth-order valence-corrected chi connectivity index (χ4v) is 5.21. The first-order chi connectivity index (χ1) is 12.5. The first-order valence-corrected chi connectivity index (χ1v) is 10.9. The summed E-state index contributed by atoms with van der Waals surface area (Å²) < 4.78 is 36.8. The number of nitrogens with zero attached hydrogens (tertiary/aromatic N) is 3. The van der Waals surface area contributed by atoms with Gasteiger partial charge in [-0.15, -0.1) is 0 Å². The minimum absolute atomic E-state index is 0.219. The molecule has 2 atom stereocenters. The van der Waals surface area contributed by atoms with Crippen LogP contribution in [0.25, 0.3) is 0 Å². The molecule has 0 bridgehead atoms. The summed E-state index contributed by atoms with van der Waals surface area (Å²) in [7, 11) is -3.60. The van der Waals surface area contributed by atoms with Gasteiger partial charge in [0, 0.05) is 25.1 Å². The molecule has 2 saturated heterocycles. The van der Waals surface area contributed by atoms with Gasteiger partial charge in [-0.3, -0.25) is 4.79 Å². The maximum Gasteiger partial charge on any atom is 0.279 e. The highest BCUT2D eigenvalue weighted by molar-refractivity contribution is 7.87. The van der Waals surface area contributed by atoms with Crippen molar-refractivity contribution in [2.45, 2.75) is 56.5 Å². The summed E-state index contributed by atoms with van der Waals surface area (Å²) in [5.41, 5.74) is 0.689. The summed E-state index contributed by atoms with van der Waals surface area (Å²) in [5.74, 6) is 0.427. The molecule has 0 aromatic carbocycles. The lowest BCUT2D eigenvalue weighted by Gasteiger charge is -2.25.